The number of hydrogen-bond acceptors (Lipinski definition) is 3. The van der Waals surface area contributed by atoms with Gasteiger partial charge in [-0.15, -0.1) is 0 Å². The maximum atomic E-state index is 12.4. The fourth-order valence-corrected chi connectivity index (χ4v) is 3.65. The summed E-state index contributed by atoms with van der Waals surface area (Å²) < 4.78 is 26.2. The van der Waals surface area contributed by atoms with Gasteiger partial charge in [-0.1, -0.05) is 24.3 Å². The van der Waals surface area contributed by atoms with Gasteiger partial charge in [-0.05, 0) is 69.5 Å². The van der Waals surface area contributed by atoms with E-state index in [1.807, 2.05) is 52.8 Å². The Morgan fingerprint density at radius 2 is 1.63 bits per heavy atom. The van der Waals surface area contributed by atoms with Gasteiger partial charge in [0.05, 0.1) is 18.5 Å². The van der Waals surface area contributed by atoms with Crippen molar-refractivity contribution in [3.8, 4) is 0 Å². The number of sulfonamides is 1. The molecule has 0 bridgehead atoms. The number of carbonyl (C=O) groups is 1. The molecule has 0 saturated heterocycles. The van der Waals surface area contributed by atoms with Crippen LogP contribution in [0.3, 0.4) is 0 Å². The number of hydrogen-bond donors (Lipinski definition) is 1. The topological polar surface area (TPSA) is 66.5 Å². The summed E-state index contributed by atoms with van der Waals surface area (Å²) in [6, 6.07) is 12.8. The van der Waals surface area contributed by atoms with Crippen LogP contribution in [0.15, 0.2) is 42.5 Å². The fourth-order valence-electron chi connectivity index (χ4n) is 2.71. The predicted molar refractivity (Wildman–Crippen MR) is 111 cm³/mol. The molecule has 146 valence electrons. The van der Waals surface area contributed by atoms with Crippen LogP contribution in [0.2, 0.25) is 0 Å². The molecule has 1 N–H and O–H groups in total. The van der Waals surface area contributed by atoms with Crippen LogP contribution in [0.25, 0.3) is 0 Å². The first-order chi connectivity index (χ1) is 12.4. The van der Waals surface area contributed by atoms with E-state index in [-0.39, 0.29) is 18.0 Å². The lowest BCUT2D eigenvalue weighted by Crippen LogP contribution is -2.40. The fraction of sp³-hybridized carbons (Fsp3) is 0.381. The molecule has 27 heavy (non-hydrogen) atoms. The highest BCUT2D eigenvalue weighted by Gasteiger charge is 2.20. The predicted octanol–water partition coefficient (Wildman–Crippen LogP) is 3.80. The van der Waals surface area contributed by atoms with Crippen LogP contribution in [-0.2, 0) is 16.6 Å². The molecule has 1 amide bonds. The van der Waals surface area contributed by atoms with E-state index in [1.165, 1.54) is 10.6 Å². The summed E-state index contributed by atoms with van der Waals surface area (Å²) >= 11 is 0. The van der Waals surface area contributed by atoms with Gasteiger partial charge in [0, 0.05) is 11.1 Å². The summed E-state index contributed by atoms with van der Waals surface area (Å²) in [6.07, 6.45) is 1.21. The third-order valence-electron chi connectivity index (χ3n) is 4.06. The van der Waals surface area contributed by atoms with Gasteiger partial charge in [0.2, 0.25) is 10.0 Å². The normalized spacial score (nSPS) is 11.9. The molecule has 2 aromatic rings. The molecule has 0 unspecified atom stereocenters. The Bertz CT molecular complexity index is 927. The van der Waals surface area contributed by atoms with Crippen molar-refractivity contribution in [3.63, 3.8) is 0 Å². The van der Waals surface area contributed by atoms with Crippen LogP contribution in [0.5, 0.6) is 0 Å². The van der Waals surface area contributed by atoms with Crippen molar-refractivity contribution in [2.24, 2.45) is 0 Å². The quantitative estimate of drug-likeness (QED) is 0.847. The van der Waals surface area contributed by atoms with Gasteiger partial charge >= 0.3 is 0 Å². The SMILES string of the molecule is Cc1ccc(C)c(N(Cc2ccc(C(=O)NC(C)(C)C)cc2)S(C)(=O)=O)c1. The standard InChI is InChI=1S/C21H28N2O3S/c1-15-7-8-16(2)19(13-15)23(27(6,25)26)14-17-9-11-18(12-10-17)20(24)22-21(3,4)5/h7-13H,14H2,1-6H3,(H,22,24). The maximum Gasteiger partial charge on any atom is 0.251 e. The molecule has 0 radical (unpaired) electrons. The Balaban J connectivity index is 2.29. The highest BCUT2D eigenvalue weighted by molar-refractivity contribution is 7.92. The first-order valence-electron chi connectivity index (χ1n) is 8.83. The Morgan fingerprint density at radius 3 is 2.15 bits per heavy atom. The summed E-state index contributed by atoms with van der Waals surface area (Å²) in [5.41, 5.74) is 3.61. The maximum absolute atomic E-state index is 12.4. The number of benzene rings is 2. The van der Waals surface area contributed by atoms with E-state index in [9.17, 15) is 13.2 Å². The molecular weight excluding hydrogens is 360 g/mol. The van der Waals surface area contributed by atoms with Crippen molar-refractivity contribution in [2.75, 3.05) is 10.6 Å². The lowest BCUT2D eigenvalue weighted by Gasteiger charge is -2.25. The summed E-state index contributed by atoms with van der Waals surface area (Å²) in [5, 5.41) is 2.91. The zero-order chi connectivity index (χ0) is 20.4. The van der Waals surface area contributed by atoms with Crippen LogP contribution >= 0.6 is 0 Å². The van der Waals surface area contributed by atoms with Crippen molar-refractivity contribution in [1.82, 2.24) is 5.32 Å². The molecule has 2 rings (SSSR count). The summed E-state index contributed by atoms with van der Waals surface area (Å²) in [6.45, 7) is 9.82. The second kappa shape index (κ2) is 7.72. The molecular formula is C21H28N2O3S. The second-order valence-corrected chi connectivity index (χ2v) is 9.87. The summed E-state index contributed by atoms with van der Waals surface area (Å²) in [5.74, 6) is -0.149. The van der Waals surface area contributed by atoms with Crippen LogP contribution in [0.4, 0.5) is 5.69 Å². The van der Waals surface area contributed by atoms with E-state index in [1.54, 1.807) is 24.3 Å². The largest absolute Gasteiger partial charge is 0.347 e. The number of amides is 1. The number of anilines is 1. The molecule has 0 spiro atoms. The van der Waals surface area contributed by atoms with Crippen LogP contribution in [0.1, 0.15) is 47.8 Å². The Kier molecular flexibility index (Phi) is 6.00. The van der Waals surface area contributed by atoms with Crippen molar-refractivity contribution >= 4 is 21.6 Å². The average molecular weight is 389 g/mol. The molecule has 0 fully saturated rings. The van der Waals surface area contributed by atoms with Gasteiger partial charge in [-0.2, -0.15) is 0 Å². The van der Waals surface area contributed by atoms with E-state index >= 15 is 0 Å². The third kappa shape index (κ3) is 5.82. The molecule has 0 heterocycles. The number of aryl methyl sites for hydroxylation is 2. The molecule has 2 aromatic carbocycles. The first kappa shape index (κ1) is 21.0. The van der Waals surface area contributed by atoms with Gasteiger partial charge in [-0.3, -0.25) is 9.10 Å². The molecule has 0 atom stereocenters. The highest BCUT2D eigenvalue weighted by Crippen LogP contribution is 2.26. The minimum Gasteiger partial charge on any atom is -0.347 e. The lowest BCUT2D eigenvalue weighted by atomic mass is 10.1. The number of nitrogens with zero attached hydrogens (tertiary/aromatic N) is 1. The molecule has 0 aliphatic rings. The van der Waals surface area contributed by atoms with Crippen LogP contribution in [0, 0.1) is 13.8 Å². The molecule has 0 saturated carbocycles. The molecule has 0 aromatic heterocycles. The Hall–Kier alpha value is -2.34. The van der Waals surface area contributed by atoms with E-state index in [4.69, 9.17) is 0 Å². The summed E-state index contributed by atoms with van der Waals surface area (Å²) in [7, 11) is -3.45. The van der Waals surface area contributed by atoms with Crippen molar-refractivity contribution in [3.05, 3.63) is 64.7 Å². The minimum atomic E-state index is -3.45. The number of nitrogens with one attached hydrogen (secondary N) is 1. The lowest BCUT2D eigenvalue weighted by molar-refractivity contribution is 0.0919. The molecule has 0 aliphatic heterocycles. The summed E-state index contributed by atoms with van der Waals surface area (Å²) in [4.78, 5) is 12.2. The van der Waals surface area contributed by atoms with Gasteiger partial charge in [0.15, 0.2) is 0 Å². The van der Waals surface area contributed by atoms with Crippen molar-refractivity contribution < 1.29 is 13.2 Å². The van der Waals surface area contributed by atoms with Crippen molar-refractivity contribution in [1.29, 1.82) is 0 Å². The van der Waals surface area contributed by atoms with E-state index in [0.29, 0.717) is 11.3 Å². The monoisotopic (exact) mass is 388 g/mol. The second-order valence-electron chi connectivity index (χ2n) is 7.96. The number of carbonyl (C=O) groups excluding carboxylic acids is 1. The first-order valence-corrected chi connectivity index (χ1v) is 10.7. The minimum absolute atomic E-state index is 0.149. The van der Waals surface area contributed by atoms with Gasteiger partial charge in [-0.25, -0.2) is 8.42 Å². The smallest absolute Gasteiger partial charge is 0.251 e. The average Bonchev–Trinajstić information content (AvgIpc) is 2.53. The van der Waals surface area contributed by atoms with E-state index in [2.05, 4.69) is 5.32 Å². The van der Waals surface area contributed by atoms with E-state index < -0.39 is 10.0 Å². The van der Waals surface area contributed by atoms with Crippen molar-refractivity contribution in [2.45, 2.75) is 46.7 Å². The highest BCUT2D eigenvalue weighted by atomic mass is 32.2. The van der Waals surface area contributed by atoms with Crippen LogP contribution in [-0.4, -0.2) is 26.1 Å². The molecule has 5 nitrogen and oxygen atoms in total. The zero-order valence-corrected chi connectivity index (χ0v) is 17.6. The van der Waals surface area contributed by atoms with Gasteiger partial charge < -0.3 is 5.32 Å². The molecule has 0 aliphatic carbocycles. The number of rotatable bonds is 5. The zero-order valence-electron chi connectivity index (χ0n) is 16.8. The third-order valence-corrected chi connectivity index (χ3v) is 5.19. The Labute approximate surface area is 162 Å². The van der Waals surface area contributed by atoms with Gasteiger partial charge in [0.1, 0.15) is 0 Å². The van der Waals surface area contributed by atoms with Gasteiger partial charge in [0.25, 0.3) is 5.91 Å². The molecule has 6 heteroatoms. The van der Waals surface area contributed by atoms with E-state index in [0.717, 1.165) is 16.7 Å². The Morgan fingerprint density at radius 1 is 1.04 bits per heavy atom. The van der Waals surface area contributed by atoms with Crippen LogP contribution < -0.4 is 9.62 Å².